The fourth-order valence-electron chi connectivity index (χ4n) is 3.23. The van der Waals surface area contributed by atoms with Crippen LogP contribution in [0.1, 0.15) is 12.5 Å². The molecule has 1 N–H and O–H groups in total. The summed E-state index contributed by atoms with van der Waals surface area (Å²) < 4.78 is 14.2. The number of hydrogen-bond acceptors (Lipinski definition) is 6. The predicted octanol–water partition coefficient (Wildman–Crippen LogP) is 3.24. The van der Waals surface area contributed by atoms with E-state index in [2.05, 4.69) is 10.1 Å². The predicted molar refractivity (Wildman–Crippen MR) is 105 cm³/mol. The molecule has 28 heavy (non-hydrogen) atoms. The molecule has 0 aromatic carbocycles. The van der Waals surface area contributed by atoms with Crippen molar-refractivity contribution in [2.45, 2.75) is 13.8 Å². The molecule has 0 spiro atoms. The Bertz CT molecular complexity index is 1160. The SMILES string of the molecule is CCOc1ncc(-c2cc(C)c3c(O)n(-c4cnn(C)c4)cc3n2)cc1OC. The first kappa shape index (κ1) is 17.8. The molecule has 0 saturated carbocycles. The summed E-state index contributed by atoms with van der Waals surface area (Å²) in [5.41, 5.74) is 3.90. The van der Waals surface area contributed by atoms with Gasteiger partial charge < -0.3 is 14.6 Å². The van der Waals surface area contributed by atoms with Crippen LogP contribution in [0.2, 0.25) is 0 Å². The number of fused-ring (bicyclic) bond motifs is 1. The van der Waals surface area contributed by atoms with E-state index >= 15 is 0 Å². The second-order valence-electron chi connectivity index (χ2n) is 6.44. The molecule has 0 aliphatic carbocycles. The Balaban J connectivity index is 1.83. The molecule has 8 nitrogen and oxygen atoms in total. The Morgan fingerprint density at radius 1 is 1.18 bits per heavy atom. The summed E-state index contributed by atoms with van der Waals surface area (Å²) >= 11 is 0. The van der Waals surface area contributed by atoms with Crippen molar-refractivity contribution in [3.63, 3.8) is 0 Å². The van der Waals surface area contributed by atoms with Gasteiger partial charge in [0, 0.05) is 31.2 Å². The molecular weight excluding hydrogens is 358 g/mol. The maximum Gasteiger partial charge on any atom is 0.256 e. The molecule has 0 bridgehead atoms. The zero-order chi connectivity index (χ0) is 19.8. The monoisotopic (exact) mass is 379 g/mol. The van der Waals surface area contributed by atoms with Crippen molar-refractivity contribution in [2.75, 3.05) is 13.7 Å². The number of rotatable bonds is 5. The van der Waals surface area contributed by atoms with E-state index in [0.717, 1.165) is 22.5 Å². The van der Waals surface area contributed by atoms with Crippen LogP contribution < -0.4 is 9.47 Å². The van der Waals surface area contributed by atoms with Gasteiger partial charge in [0.05, 0.1) is 42.2 Å². The molecule has 0 aliphatic rings. The van der Waals surface area contributed by atoms with Gasteiger partial charge in [-0.25, -0.2) is 9.97 Å². The lowest BCUT2D eigenvalue weighted by molar-refractivity contribution is 0.298. The molecule has 8 heteroatoms. The van der Waals surface area contributed by atoms with E-state index in [1.165, 1.54) is 0 Å². The number of methoxy groups -OCH3 is 1. The molecule has 4 heterocycles. The van der Waals surface area contributed by atoms with Crippen LogP contribution in [0.3, 0.4) is 0 Å². The summed E-state index contributed by atoms with van der Waals surface area (Å²) in [6.45, 7) is 4.35. The molecule has 0 saturated heterocycles. The minimum absolute atomic E-state index is 0.141. The molecule has 0 unspecified atom stereocenters. The van der Waals surface area contributed by atoms with E-state index in [1.807, 2.05) is 39.2 Å². The second kappa shape index (κ2) is 6.88. The van der Waals surface area contributed by atoms with Crippen LogP contribution in [-0.2, 0) is 7.05 Å². The minimum atomic E-state index is 0.141. The van der Waals surface area contributed by atoms with Crippen molar-refractivity contribution in [3.8, 4) is 34.5 Å². The van der Waals surface area contributed by atoms with Gasteiger partial charge in [0.1, 0.15) is 0 Å². The third kappa shape index (κ3) is 2.92. The summed E-state index contributed by atoms with van der Waals surface area (Å²) in [6.07, 6.45) is 7.03. The van der Waals surface area contributed by atoms with Crippen LogP contribution in [0.15, 0.2) is 36.9 Å². The van der Waals surface area contributed by atoms with Crippen LogP contribution >= 0.6 is 0 Å². The third-order valence-corrected chi connectivity index (χ3v) is 4.53. The quantitative estimate of drug-likeness (QED) is 0.573. The van der Waals surface area contributed by atoms with Crippen molar-refractivity contribution >= 4 is 10.9 Å². The first-order chi connectivity index (χ1) is 13.5. The lowest BCUT2D eigenvalue weighted by Gasteiger charge is -2.10. The highest BCUT2D eigenvalue weighted by Crippen LogP contribution is 2.35. The van der Waals surface area contributed by atoms with Gasteiger partial charge in [0.15, 0.2) is 5.75 Å². The Morgan fingerprint density at radius 2 is 2.00 bits per heavy atom. The summed E-state index contributed by atoms with van der Waals surface area (Å²) in [5.74, 6) is 1.14. The normalized spacial score (nSPS) is 11.1. The number of pyridine rings is 2. The molecule has 4 aromatic heterocycles. The number of aromatic nitrogens is 5. The Labute approximate surface area is 162 Å². The molecule has 0 aliphatic heterocycles. The average Bonchev–Trinajstić information content (AvgIpc) is 3.25. The van der Waals surface area contributed by atoms with E-state index < -0.39 is 0 Å². The Hall–Kier alpha value is -3.55. The fraction of sp³-hybridized carbons (Fsp3) is 0.250. The van der Waals surface area contributed by atoms with Crippen LogP contribution in [0.5, 0.6) is 17.5 Å². The van der Waals surface area contributed by atoms with E-state index in [-0.39, 0.29) is 5.88 Å². The molecule has 4 rings (SSSR count). The summed E-state index contributed by atoms with van der Waals surface area (Å²) in [7, 11) is 3.41. The summed E-state index contributed by atoms with van der Waals surface area (Å²) in [5, 5.41) is 15.6. The molecule has 4 aromatic rings. The van der Waals surface area contributed by atoms with Crippen molar-refractivity contribution in [1.29, 1.82) is 0 Å². The van der Waals surface area contributed by atoms with Crippen molar-refractivity contribution in [2.24, 2.45) is 7.05 Å². The number of hydrogen-bond donors (Lipinski definition) is 1. The van der Waals surface area contributed by atoms with Crippen LogP contribution in [-0.4, -0.2) is 43.1 Å². The number of aryl methyl sites for hydroxylation is 2. The number of nitrogens with zero attached hydrogens (tertiary/aromatic N) is 5. The van der Waals surface area contributed by atoms with E-state index in [1.54, 1.807) is 34.9 Å². The highest BCUT2D eigenvalue weighted by Gasteiger charge is 2.17. The maximum atomic E-state index is 10.7. The van der Waals surface area contributed by atoms with Gasteiger partial charge in [-0.2, -0.15) is 5.10 Å². The smallest absolute Gasteiger partial charge is 0.256 e. The van der Waals surface area contributed by atoms with Crippen LogP contribution in [0, 0.1) is 6.92 Å². The molecule has 0 amide bonds. The Morgan fingerprint density at radius 3 is 2.68 bits per heavy atom. The van der Waals surface area contributed by atoms with Gasteiger partial charge in [-0.3, -0.25) is 9.25 Å². The van der Waals surface area contributed by atoms with Crippen molar-refractivity contribution in [1.82, 2.24) is 24.3 Å². The largest absolute Gasteiger partial charge is 0.494 e. The topological polar surface area (TPSA) is 87.2 Å². The molecule has 0 fully saturated rings. The zero-order valence-corrected chi connectivity index (χ0v) is 16.2. The maximum absolute atomic E-state index is 10.7. The Kier molecular flexibility index (Phi) is 4.38. The molecule has 144 valence electrons. The molecular formula is C20H21N5O3. The van der Waals surface area contributed by atoms with Gasteiger partial charge in [-0.15, -0.1) is 0 Å². The average molecular weight is 379 g/mol. The highest BCUT2D eigenvalue weighted by atomic mass is 16.5. The zero-order valence-electron chi connectivity index (χ0n) is 16.2. The first-order valence-electron chi connectivity index (χ1n) is 8.89. The fourth-order valence-corrected chi connectivity index (χ4v) is 3.23. The van der Waals surface area contributed by atoms with Gasteiger partial charge in [-0.1, -0.05) is 0 Å². The molecule has 0 atom stereocenters. The van der Waals surface area contributed by atoms with Gasteiger partial charge in [-0.05, 0) is 31.5 Å². The number of aromatic hydroxyl groups is 1. The highest BCUT2D eigenvalue weighted by molar-refractivity contribution is 5.90. The third-order valence-electron chi connectivity index (χ3n) is 4.53. The van der Waals surface area contributed by atoms with E-state index in [0.29, 0.717) is 29.1 Å². The van der Waals surface area contributed by atoms with Gasteiger partial charge >= 0.3 is 0 Å². The second-order valence-corrected chi connectivity index (χ2v) is 6.44. The van der Waals surface area contributed by atoms with Crippen molar-refractivity contribution in [3.05, 3.63) is 42.5 Å². The van der Waals surface area contributed by atoms with Crippen molar-refractivity contribution < 1.29 is 14.6 Å². The first-order valence-corrected chi connectivity index (χ1v) is 8.89. The van der Waals surface area contributed by atoms with Crippen LogP contribution in [0.25, 0.3) is 27.8 Å². The van der Waals surface area contributed by atoms with Gasteiger partial charge in [0.25, 0.3) is 5.88 Å². The standard InChI is InChI=1S/C20H21N5O3/c1-5-28-19-17(27-4)7-13(8-21-19)15-6-12(2)18-16(23-15)11-25(20(18)26)14-9-22-24(3)10-14/h6-11,26H,5H2,1-4H3. The lowest BCUT2D eigenvalue weighted by Crippen LogP contribution is -1.98. The lowest BCUT2D eigenvalue weighted by atomic mass is 10.1. The van der Waals surface area contributed by atoms with E-state index in [9.17, 15) is 5.11 Å². The van der Waals surface area contributed by atoms with Crippen LogP contribution in [0.4, 0.5) is 0 Å². The minimum Gasteiger partial charge on any atom is -0.494 e. The summed E-state index contributed by atoms with van der Waals surface area (Å²) in [6, 6.07) is 3.77. The van der Waals surface area contributed by atoms with Gasteiger partial charge in [0.2, 0.25) is 5.88 Å². The molecule has 0 radical (unpaired) electrons. The van der Waals surface area contributed by atoms with E-state index in [4.69, 9.17) is 14.5 Å². The number of ether oxygens (including phenoxy) is 2. The summed E-state index contributed by atoms with van der Waals surface area (Å²) in [4.78, 5) is 9.07.